The van der Waals surface area contributed by atoms with E-state index in [0.717, 1.165) is 4.88 Å². The van der Waals surface area contributed by atoms with Gasteiger partial charge in [0.05, 0.1) is 17.7 Å². The van der Waals surface area contributed by atoms with E-state index in [1.807, 2.05) is 19.1 Å². The maximum Gasteiger partial charge on any atom is 0.427 e. The van der Waals surface area contributed by atoms with Gasteiger partial charge in [0.2, 0.25) is 0 Å². The summed E-state index contributed by atoms with van der Waals surface area (Å²) < 4.78 is 5.92. The quantitative estimate of drug-likeness (QED) is 0.681. The van der Waals surface area contributed by atoms with Gasteiger partial charge in [0.25, 0.3) is 0 Å². The van der Waals surface area contributed by atoms with Crippen molar-refractivity contribution in [1.82, 2.24) is 5.43 Å². The van der Waals surface area contributed by atoms with E-state index in [-0.39, 0.29) is 0 Å². The zero-order valence-electron chi connectivity index (χ0n) is 10.3. The van der Waals surface area contributed by atoms with Crippen molar-refractivity contribution in [3.63, 3.8) is 0 Å². The Labute approximate surface area is 109 Å². The van der Waals surface area contributed by atoms with Crippen LogP contribution in [0.2, 0.25) is 0 Å². The highest BCUT2D eigenvalue weighted by Crippen LogP contribution is 2.29. The van der Waals surface area contributed by atoms with Crippen LogP contribution in [0.5, 0.6) is 0 Å². The molecular formula is C13H14N2O2S. The molecule has 18 heavy (non-hydrogen) atoms. The van der Waals surface area contributed by atoms with Crippen molar-refractivity contribution < 1.29 is 9.53 Å². The number of thiophene rings is 1. The van der Waals surface area contributed by atoms with Crippen LogP contribution in [-0.2, 0) is 4.74 Å². The van der Waals surface area contributed by atoms with Gasteiger partial charge in [-0.3, -0.25) is 0 Å². The first-order valence-electron chi connectivity index (χ1n) is 5.66. The van der Waals surface area contributed by atoms with Crippen LogP contribution in [0.1, 0.15) is 17.4 Å². The molecule has 0 saturated heterocycles. The average molecular weight is 262 g/mol. The van der Waals surface area contributed by atoms with Crippen molar-refractivity contribution >= 4 is 33.7 Å². The lowest BCUT2D eigenvalue weighted by molar-refractivity contribution is 0.152. The summed E-state index contributed by atoms with van der Waals surface area (Å²) in [6, 6.07) is 8.18. The number of nitrogens with one attached hydrogen (secondary N) is 1. The second-order valence-electron chi connectivity index (χ2n) is 3.68. The summed E-state index contributed by atoms with van der Waals surface area (Å²) in [4.78, 5) is 12.1. The fraction of sp³-hybridized carbons (Fsp3) is 0.231. The number of ether oxygens (including phenoxy) is 1. The van der Waals surface area contributed by atoms with Crippen molar-refractivity contribution in [3.05, 3.63) is 34.7 Å². The van der Waals surface area contributed by atoms with Crippen LogP contribution in [-0.4, -0.2) is 18.9 Å². The largest absolute Gasteiger partial charge is 0.449 e. The summed E-state index contributed by atoms with van der Waals surface area (Å²) in [5, 5.41) is 5.10. The minimum atomic E-state index is -0.535. The summed E-state index contributed by atoms with van der Waals surface area (Å²) in [7, 11) is 0. The average Bonchev–Trinajstić information content (AvgIpc) is 2.68. The molecule has 0 radical (unpaired) electrons. The third kappa shape index (κ3) is 2.68. The highest BCUT2D eigenvalue weighted by Gasteiger charge is 2.05. The molecule has 0 spiro atoms. The molecule has 0 aliphatic rings. The minimum Gasteiger partial charge on any atom is -0.449 e. The molecule has 0 fully saturated rings. The maximum atomic E-state index is 11.0. The van der Waals surface area contributed by atoms with Crippen molar-refractivity contribution in [2.45, 2.75) is 13.8 Å². The molecular weight excluding hydrogens is 248 g/mol. The van der Waals surface area contributed by atoms with Crippen LogP contribution in [0.25, 0.3) is 10.1 Å². The summed E-state index contributed by atoms with van der Waals surface area (Å²) in [6.07, 6.45) is 1.12. The van der Waals surface area contributed by atoms with E-state index in [4.69, 9.17) is 4.74 Å². The Morgan fingerprint density at radius 1 is 1.50 bits per heavy atom. The lowest BCUT2D eigenvalue weighted by atomic mass is 10.1. The molecule has 1 aromatic heterocycles. The van der Waals surface area contributed by atoms with Gasteiger partial charge in [-0.2, -0.15) is 5.10 Å². The van der Waals surface area contributed by atoms with E-state index in [9.17, 15) is 4.79 Å². The molecule has 0 unspecified atom stereocenters. The number of benzene rings is 1. The van der Waals surface area contributed by atoms with Gasteiger partial charge in [0.1, 0.15) is 0 Å². The van der Waals surface area contributed by atoms with E-state index < -0.39 is 6.09 Å². The Kier molecular flexibility index (Phi) is 3.94. The van der Waals surface area contributed by atoms with Gasteiger partial charge >= 0.3 is 6.09 Å². The molecule has 2 aromatic rings. The SMILES string of the molecule is CCOC(=O)N/N=C\c1sc2ccccc2c1C. The van der Waals surface area contributed by atoms with Crippen molar-refractivity contribution in [1.29, 1.82) is 0 Å². The lowest BCUT2D eigenvalue weighted by Crippen LogP contribution is -2.18. The number of nitrogens with zero attached hydrogens (tertiary/aromatic N) is 1. The molecule has 0 saturated carbocycles. The van der Waals surface area contributed by atoms with Crippen molar-refractivity contribution in [2.75, 3.05) is 6.61 Å². The number of amides is 1. The standard InChI is InChI=1S/C13H14N2O2S/c1-3-17-13(16)15-14-8-12-9(2)10-6-4-5-7-11(10)18-12/h4-8H,3H2,1-2H3,(H,15,16)/b14-8-. The van der Waals surface area contributed by atoms with Gasteiger partial charge in [-0.15, -0.1) is 11.3 Å². The van der Waals surface area contributed by atoms with E-state index in [1.165, 1.54) is 15.6 Å². The maximum absolute atomic E-state index is 11.0. The number of carbonyl (C=O) groups excluding carboxylic acids is 1. The molecule has 0 bridgehead atoms. The van der Waals surface area contributed by atoms with E-state index in [0.29, 0.717) is 6.61 Å². The van der Waals surface area contributed by atoms with E-state index >= 15 is 0 Å². The minimum absolute atomic E-state index is 0.337. The van der Waals surface area contributed by atoms with E-state index in [1.54, 1.807) is 24.5 Å². The van der Waals surface area contributed by atoms with Crippen molar-refractivity contribution in [2.24, 2.45) is 5.10 Å². The second-order valence-corrected chi connectivity index (χ2v) is 4.76. The molecule has 1 heterocycles. The number of hydrogen-bond acceptors (Lipinski definition) is 4. The highest BCUT2D eigenvalue weighted by atomic mass is 32.1. The number of hydrogen-bond donors (Lipinski definition) is 1. The van der Waals surface area contributed by atoms with Gasteiger partial charge in [-0.1, -0.05) is 18.2 Å². The van der Waals surface area contributed by atoms with Gasteiger partial charge < -0.3 is 4.74 Å². The lowest BCUT2D eigenvalue weighted by Gasteiger charge is -1.98. The van der Waals surface area contributed by atoms with Gasteiger partial charge in [0, 0.05) is 4.70 Å². The molecule has 1 N–H and O–H groups in total. The zero-order chi connectivity index (χ0) is 13.0. The van der Waals surface area contributed by atoms with E-state index in [2.05, 4.69) is 22.7 Å². The first-order valence-corrected chi connectivity index (χ1v) is 6.48. The Hall–Kier alpha value is -1.88. The highest BCUT2D eigenvalue weighted by molar-refractivity contribution is 7.20. The third-order valence-corrected chi connectivity index (χ3v) is 3.70. The summed E-state index contributed by atoms with van der Waals surface area (Å²) in [5.41, 5.74) is 3.49. The fourth-order valence-corrected chi connectivity index (χ4v) is 2.71. The predicted octanol–water partition coefficient (Wildman–Crippen LogP) is 3.29. The smallest absolute Gasteiger partial charge is 0.427 e. The van der Waals surface area contributed by atoms with Crippen LogP contribution in [0.3, 0.4) is 0 Å². The zero-order valence-corrected chi connectivity index (χ0v) is 11.1. The van der Waals surface area contributed by atoms with Crippen LogP contribution < -0.4 is 5.43 Å². The predicted molar refractivity (Wildman–Crippen MR) is 74.3 cm³/mol. The molecule has 94 valence electrons. The Balaban J connectivity index is 2.14. The van der Waals surface area contributed by atoms with Crippen LogP contribution in [0.4, 0.5) is 4.79 Å². The molecule has 0 aliphatic carbocycles. The Morgan fingerprint density at radius 3 is 3.00 bits per heavy atom. The van der Waals surface area contributed by atoms with Crippen LogP contribution in [0.15, 0.2) is 29.4 Å². The number of aryl methyl sites for hydroxylation is 1. The van der Waals surface area contributed by atoms with Crippen LogP contribution in [0, 0.1) is 6.92 Å². The molecule has 5 heteroatoms. The molecule has 1 aromatic carbocycles. The first kappa shape index (κ1) is 12.6. The molecule has 2 rings (SSSR count). The summed E-state index contributed by atoms with van der Waals surface area (Å²) in [5.74, 6) is 0. The first-order chi connectivity index (χ1) is 8.72. The van der Waals surface area contributed by atoms with Gasteiger partial charge in [0.15, 0.2) is 0 Å². The Morgan fingerprint density at radius 2 is 2.28 bits per heavy atom. The topological polar surface area (TPSA) is 50.7 Å². The summed E-state index contributed by atoms with van der Waals surface area (Å²) >= 11 is 1.65. The Bertz CT molecular complexity index is 590. The number of fused-ring (bicyclic) bond motifs is 1. The van der Waals surface area contributed by atoms with Crippen molar-refractivity contribution in [3.8, 4) is 0 Å². The van der Waals surface area contributed by atoms with Gasteiger partial charge in [-0.25, -0.2) is 10.2 Å². The molecule has 0 aliphatic heterocycles. The summed E-state index contributed by atoms with van der Waals surface area (Å²) in [6.45, 7) is 4.13. The fourth-order valence-electron chi connectivity index (χ4n) is 1.62. The normalized spacial score (nSPS) is 11.0. The second kappa shape index (κ2) is 5.64. The molecule has 4 nitrogen and oxygen atoms in total. The van der Waals surface area contributed by atoms with Crippen LogP contribution >= 0.6 is 11.3 Å². The monoisotopic (exact) mass is 262 g/mol. The number of hydrazone groups is 1. The molecule has 0 atom stereocenters. The molecule has 1 amide bonds. The van der Waals surface area contributed by atoms with Gasteiger partial charge in [-0.05, 0) is 30.9 Å². The third-order valence-electron chi connectivity index (χ3n) is 2.49. The number of rotatable bonds is 3. The number of carbonyl (C=O) groups is 1.